The van der Waals surface area contributed by atoms with Crippen LogP contribution in [0.1, 0.15) is 35.2 Å². The molecule has 0 amide bonds. The predicted octanol–water partition coefficient (Wildman–Crippen LogP) is 1.19. The van der Waals surface area contributed by atoms with Gasteiger partial charge < -0.3 is 10.5 Å². The van der Waals surface area contributed by atoms with Crippen LogP contribution >= 0.6 is 0 Å². The molecule has 0 bridgehead atoms. The SMILES string of the molecule is COC(=O)c1cccc(S(=O)(=O)NC2CCCC2CN)c1C. The fourth-order valence-corrected chi connectivity index (χ4v) is 4.58. The summed E-state index contributed by atoms with van der Waals surface area (Å²) < 4.78 is 32.7. The molecule has 1 aliphatic rings. The van der Waals surface area contributed by atoms with Gasteiger partial charge in [0.1, 0.15) is 0 Å². The molecule has 122 valence electrons. The minimum Gasteiger partial charge on any atom is -0.465 e. The minimum absolute atomic E-state index is 0.109. The molecule has 0 aliphatic heterocycles. The second kappa shape index (κ2) is 6.76. The highest BCUT2D eigenvalue weighted by Crippen LogP contribution is 2.27. The molecule has 1 aromatic carbocycles. The van der Waals surface area contributed by atoms with Crippen LogP contribution in [-0.4, -0.2) is 34.1 Å². The summed E-state index contributed by atoms with van der Waals surface area (Å²) in [4.78, 5) is 11.8. The minimum atomic E-state index is -3.69. The molecular formula is C15H22N2O4S. The fraction of sp³-hybridized carbons (Fsp3) is 0.533. The van der Waals surface area contributed by atoms with Crippen molar-refractivity contribution in [1.82, 2.24) is 4.72 Å². The van der Waals surface area contributed by atoms with E-state index in [0.29, 0.717) is 12.1 Å². The number of sulfonamides is 1. The zero-order valence-electron chi connectivity index (χ0n) is 12.8. The van der Waals surface area contributed by atoms with E-state index in [1.165, 1.54) is 13.2 Å². The van der Waals surface area contributed by atoms with Crippen LogP contribution in [0.25, 0.3) is 0 Å². The topological polar surface area (TPSA) is 98.5 Å². The summed E-state index contributed by atoms with van der Waals surface area (Å²) in [6.45, 7) is 2.07. The van der Waals surface area contributed by atoms with Gasteiger partial charge in [0.05, 0.1) is 17.6 Å². The Bertz CT molecular complexity index is 658. The Kier molecular flexibility index (Phi) is 5.20. The Hall–Kier alpha value is -1.44. The lowest BCUT2D eigenvalue weighted by Crippen LogP contribution is -2.40. The van der Waals surface area contributed by atoms with Gasteiger partial charge in [0, 0.05) is 6.04 Å². The molecule has 1 aliphatic carbocycles. The molecule has 2 rings (SSSR count). The summed E-state index contributed by atoms with van der Waals surface area (Å²) in [7, 11) is -2.43. The smallest absolute Gasteiger partial charge is 0.338 e. The van der Waals surface area contributed by atoms with Gasteiger partial charge in [-0.1, -0.05) is 12.5 Å². The highest BCUT2D eigenvalue weighted by atomic mass is 32.2. The van der Waals surface area contributed by atoms with Crippen LogP contribution in [0, 0.1) is 12.8 Å². The first kappa shape index (κ1) is 16.9. The monoisotopic (exact) mass is 326 g/mol. The Labute approximate surface area is 131 Å². The van der Waals surface area contributed by atoms with Gasteiger partial charge in [-0.25, -0.2) is 17.9 Å². The molecule has 22 heavy (non-hydrogen) atoms. The molecule has 0 radical (unpaired) electrons. The maximum absolute atomic E-state index is 12.6. The lowest BCUT2D eigenvalue weighted by Gasteiger charge is -2.20. The van der Waals surface area contributed by atoms with Crippen molar-refractivity contribution in [2.75, 3.05) is 13.7 Å². The Morgan fingerprint density at radius 3 is 2.77 bits per heavy atom. The number of hydrogen-bond donors (Lipinski definition) is 2. The molecule has 1 fully saturated rings. The number of carbonyl (C=O) groups excluding carboxylic acids is 1. The number of esters is 1. The molecule has 1 saturated carbocycles. The van der Waals surface area contributed by atoms with E-state index in [1.54, 1.807) is 19.1 Å². The van der Waals surface area contributed by atoms with Crippen LogP contribution < -0.4 is 10.5 Å². The molecule has 0 heterocycles. The molecule has 2 atom stereocenters. The van der Waals surface area contributed by atoms with Gasteiger partial charge in [0.15, 0.2) is 0 Å². The average Bonchev–Trinajstić information content (AvgIpc) is 2.92. The lowest BCUT2D eigenvalue weighted by molar-refractivity contribution is 0.0599. The van der Waals surface area contributed by atoms with Crippen LogP contribution in [-0.2, 0) is 14.8 Å². The standard InChI is InChI=1S/C15H22N2O4S/c1-10-12(15(18)21-2)6-4-8-14(10)22(19,20)17-13-7-3-5-11(13)9-16/h4,6,8,11,13,17H,3,5,7,9,16H2,1-2H3. The number of rotatable bonds is 5. The number of benzene rings is 1. The molecule has 0 aromatic heterocycles. The van der Waals surface area contributed by atoms with E-state index < -0.39 is 16.0 Å². The number of nitrogens with two attached hydrogens (primary N) is 1. The van der Waals surface area contributed by atoms with Gasteiger partial charge >= 0.3 is 5.97 Å². The summed E-state index contributed by atoms with van der Waals surface area (Å²) in [5.41, 5.74) is 6.35. The van der Waals surface area contributed by atoms with E-state index in [4.69, 9.17) is 5.73 Å². The number of carbonyl (C=O) groups is 1. The van der Waals surface area contributed by atoms with Gasteiger partial charge in [-0.3, -0.25) is 0 Å². The summed E-state index contributed by atoms with van der Waals surface area (Å²) in [6, 6.07) is 4.45. The number of hydrogen-bond acceptors (Lipinski definition) is 5. The third-order valence-electron chi connectivity index (χ3n) is 4.25. The van der Waals surface area contributed by atoms with Gasteiger partial charge in [-0.15, -0.1) is 0 Å². The molecule has 2 unspecified atom stereocenters. The number of methoxy groups -OCH3 is 1. The highest BCUT2D eigenvalue weighted by molar-refractivity contribution is 7.89. The largest absolute Gasteiger partial charge is 0.465 e. The molecular weight excluding hydrogens is 304 g/mol. The van der Waals surface area contributed by atoms with Crippen LogP contribution in [0.3, 0.4) is 0 Å². The van der Waals surface area contributed by atoms with Crippen molar-refractivity contribution in [3.63, 3.8) is 0 Å². The van der Waals surface area contributed by atoms with Crippen molar-refractivity contribution in [3.05, 3.63) is 29.3 Å². The van der Waals surface area contributed by atoms with Crippen LogP contribution in [0.15, 0.2) is 23.1 Å². The van der Waals surface area contributed by atoms with Gasteiger partial charge in [-0.05, 0) is 49.9 Å². The third kappa shape index (κ3) is 3.31. The van der Waals surface area contributed by atoms with E-state index in [9.17, 15) is 13.2 Å². The van der Waals surface area contributed by atoms with E-state index >= 15 is 0 Å². The summed E-state index contributed by atoms with van der Waals surface area (Å²) in [5.74, 6) is -0.380. The van der Waals surface area contributed by atoms with Crippen molar-refractivity contribution < 1.29 is 17.9 Å². The fourth-order valence-electron chi connectivity index (χ4n) is 2.97. The van der Waals surface area contributed by atoms with Crippen molar-refractivity contribution in [3.8, 4) is 0 Å². The van der Waals surface area contributed by atoms with E-state index in [-0.39, 0.29) is 22.4 Å². The third-order valence-corrected chi connectivity index (χ3v) is 5.88. The molecule has 7 heteroatoms. The average molecular weight is 326 g/mol. The highest BCUT2D eigenvalue weighted by Gasteiger charge is 2.31. The second-order valence-corrected chi connectivity index (χ2v) is 7.26. The van der Waals surface area contributed by atoms with Crippen LogP contribution in [0.2, 0.25) is 0 Å². The summed E-state index contributed by atoms with van der Waals surface area (Å²) >= 11 is 0. The van der Waals surface area contributed by atoms with E-state index in [2.05, 4.69) is 9.46 Å². The molecule has 0 saturated heterocycles. The maximum Gasteiger partial charge on any atom is 0.338 e. The van der Waals surface area contributed by atoms with Crippen molar-refractivity contribution in [2.24, 2.45) is 11.7 Å². The Morgan fingerprint density at radius 2 is 2.14 bits per heavy atom. The zero-order chi connectivity index (χ0) is 16.3. The van der Waals surface area contributed by atoms with Crippen molar-refractivity contribution >= 4 is 16.0 Å². The maximum atomic E-state index is 12.6. The summed E-state index contributed by atoms with van der Waals surface area (Å²) in [6.07, 6.45) is 2.69. The summed E-state index contributed by atoms with van der Waals surface area (Å²) in [5, 5.41) is 0. The van der Waals surface area contributed by atoms with E-state index in [1.807, 2.05) is 0 Å². The van der Waals surface area contributed by atoms with Crippen LogP contribution in [0.4, 0.5) is 0 Å². The zero-order valence-corrected chi connectivity index (χ0v) is 13.7. The first-order chi connectivity index (χ1) is 10.4. The van der Waals surface area contributed by atoms with Crippen LogP contribution in [0.5, 0.6) is 0 Å². The quantitative estimate of drug-likeness (QED) is 0.792. The van der Waals surface area contributed by atoms with Crippen molar-refractivity contribution in [1.29, 1.82) is 0 Å². The van der Waals surface area contributed by atoms with Gasteiger partial charge in [0.25, 0.3) is 0 Å². The number of ether oxygens (including phenoxy) is 1. The van der Waals surface area contributed by atoms with E-state index in [0.717, 1.165) is 19.3 Å². The predicted molar refractivity (Wildman–Crippen MR) is 83.0 cm³/mol. The van der Waals surface area contributed by atoms with Gasteiger partial charge in [0.2, 0.25) is 10.0 Å². The lowest BCUT2D eigenvalue weighted by atomic mass is 10.1. The van der Waals surface area contributed by atoms with Gasteiger partial charge in [-0.2, -0.15) is 0 Å². The van der Waals surface area contributed by atoms with Crippen molar-refractivity contribution in [2.45, 2.75) is 37.1 Å². The molecule has 0 spiro atoms. The Balaban J connectivity index is 2.32. The molecule has 1 aromatic rings. The first-order valence-electron chi connectivity index (χ1n) is 7.31. The second-order valence-electron chi connectivity index (χ2n) is 5.57. The molecule has 3 N–H and O–H groups in total. The normalized spacial score (nSPS) is 21.8. The number of nitrogens with one attached hydrogen (secondary N) is 1. The first-order valence-corrected chi connectivity index (χ1v) is 8.79. The molecule has 6 nitrogen and oxygen atoms in total. The Morgan fingerprint density at radius 1 is 1.41 bits per heavy atom.